The standard InChI is InChI=1S/C96H145NO8/c1-6-8-10-12-14-16-18-20-22-24-26-28-30-32-34-36-38-40-42-44-46-47-49-50-52-54-56-58-60-62-64-66-68-70-72-74-76-78-80-82-84-86-93(98)103-90-92(91-104-96(95(100)101)102-89-88-97(3,4)5)105-94(99)87-85-83-81-79-77-75-73-71-69-67-65-63-61-59-57-55-53-51-48-45-43-41-39-37-35-33-31-29-27-25-23-21-19-17-15-13-11-9-7-2/h8-11,14-17,20-23,26-29,32-35,38-41,44-46,48-50,53-56,59-62,65,67,71,73,77,79,92,96H,6-7,12-13,18-19,24-25,30-31,36-37,42-43,47,51-52,57-58,63-64,66,68-70,72,74-76,78,80-91H2,1-5H3/b10-8-,11-9-,16-14-,17-15-,22-20-,23-21-,28-26-,29-27-,34-32-,35-33-,40-38-,41-39-,46-44-,48-45-,50-49-,55-53-,56-54-,61-59-,62-60-,67-65-,73-71-,79-77-. The van der Waals surface area contributed by atoms with Gasteiger partial charge in [0.2, 0.25) is 0 Å². The average Bonchev–Trinajstić information content (AvgIpc) is 1.97. The minimum Gasteiger partial charge on any atom is -0.545 e. The van der Waals surface area contributed by atoms with Crippen molar-refractivity contribution >= 4 is 17.9 Å². The molecule has 2 atom stereocenters. The Labute approximate surface area is 642 Å². The summed E-state index contributed by atoms with van der Waals surface area (Å²) in [6.45, 7) is 4.43. The molecule has 0 radical (unpaired) electrons. The van der Waals surface area contributed by atoms with Crippen molar-refractivity contribution in [2.75, 3.05) is 47.5 Å². The lowest BCUT2D eigenvalue weighted by Gasteiger charge is -2.26. The first-order valence-corrected chi connectivity index (χ1v) is 40.5. The van der Waals surface area contributed by atoms with Gasteiger partial charge in [-0.15, -0.1) is 0 Å². The molecule has 2 unspecified atom stereocenters. The molecule has 0 N–H and O–H groups in total. The number of allylic oxidation sites excluding steroid dienone is 44. The second-order valence-electron chi connectivity index (χ2n) is 26.9. The Kier molecular flexibility index (Phi) is 76.4. The van der Waals surface area contributed by atoms with Gasteiger partial charge in [-0.05, 0) is 180 Å². The Morgan fingerprint density at radius 1 is 0.286 bits per heavy atom. The van der Waals surface area contributed by atoms with Crippen LogP contribution < -0.4 is 5.11 Å². The van der Waals surface area contributed by atoms with Crippen molar-refractivity contribution in [2.45, 2.75) is 270 Å². The van der Waals surface area contributed by atoms with Gasteiger partial charge in [0.05, 0.1) is 40.3 Å². The number of likely N-dealkylation sites (N-methyl/N-ethyl adjacent to an activating group) is 1. The van der Waals surface area contributed by atoms with Crippen molar-refractivity contribution in [3.05, 3.63) is 267 Å². The molecule has 9 nitrogen and oxygen atoms in total. The molecule has 0 saturated heterocycles. The highest BCUT2D eigenvalue weighted by Gasteiger charge is 2.22. The van der Waals surface area contributed by atoms with E-state index in [4.69, 9.17) is 18.9 Å². The summed E-state index contributed by atoms with van der Waals surface area (Å²) < 4.78 is 22.8. The molecule has 0 spiro atoms. The number of carbonyl (C=O) groups is 3. The van der Waals surface area contributed by atoms with E-state index in [9.17, 15) is 19.5 Å². The Morgan fingerprint density at radius 2 is 0.514 bits per heavy atom. The second kappa shape index (κ2) is 82.2. The molecule has 0 heterocycles. The molecule has 0 aromatic carbocycles. The third kappa shape index (κ3) is 83.7. The highest BCUT2D eigenvalue weighted by Crippen LogP contribution is 2.15. The van der Waals surface area contributed by atoms with Crippen LogP contribution in [0.2, 0.25) is 0 Å². The van der Waals surface area contributed by atoms with E-state index in [-0.39, 0.29) is 38.6 Å². The Hall–Kier alpha value is -7.43. The van der Waals surface area contributed by atoms with E-state index in [0.717, 1.165) is 180 Å². The first-order valence-electron chi connectivity index (χ1n) is 40.5. The Bertz CT molecular complexity index is 2740. The van der Waals surface area contributed by atoms with Gasteiger partial charge < -0.3 is 33.3 Å². The first kappa shape index (κ1) is 97.6. The molecule has 105 heavy (non-hydrogen) atoms. The summed E-state index contributed by atoms with van der Waals surface area (Å²) in [7, 11) is 5.90. The number of esters is 2. The molecule has 0 bridgehead atoms. The average molecular weight is 1440 g/mol. The molecule has 0 aliphatic rings. The number of nitrogens with zero attached hydrogens (tertiary/aromatic N) is 1. The normalized spacial score (nSPS) is 14.1. The van der Waals surface area contributed by atoms with Gasteiger partial charge in [-0.3, -0.25) is 9.59 Å². The van der Waals surface area contributed by atoms with Crippen LogP contribution in [0.25, 0.3) is 0 Å². The number of carboxylic acids is 1. The van der Waals surface area contributed by atoms with Crippen LogP contribution in [0.3, 0.4) is 0 Å². The first-order chi connectivity index (χ1) is 51.6. The van der Waals surface area contributed by atoms with E-state index in [1.54, 1.807) is 0 Å². The predicted molar refractivity (Wildman–Crippen MR) is 452 cm³/mol. The van der Waals surface area contributed by atoms with Crippen LogP contribution in [0.5, 0.6) is 0 Å². The summed E-state index contributed by atoms with van der Waals surface area (Å²) in [5.41, 5.74) is 0. The van der Waals surface area contributed by atoms with Gasteiger partial charge in [-0.25, -0.2) is 0 Å². The molecule has 0 aromatic heterocycles. The number of hydrogen-bond donors (Lipinski definition) is 0. The zero-order chi connectivity index (χ0) is 76.0. The number of rotatable bonds is 71. The molecule has 0 fully saturated rings. The number of aliphatic carboxylic acids is 1. The largest absolute Gasteiger partial charge is 0.545 e. The molecule has 0 aromatic rings. The highest BCUT2D eigenvalue weighted by molar-refractivity contribution is 5.70. The minimum atomic E-state index is -1.65. The van der Waals surface area contributed by atoms with Crippen LogP contribution in [-0.2, 0) is 33.3 Å². The molecule has 0 saturated carbocycles. The van der Waals surface area contributed by atoms with Crippen LogP contribution >= 0.6 is 0 Å². The summed E-state index contributed by atoms with van der Waals surface area (Å²) in [6.07, 6.45) is 132. The van der Waals surface area contributed by atoms with Crippen molar-refractivity contribution in [1.82, 2.24) is 0 Å². The second-order valence-corrected chi connectivity index (χ2v) is 26.9. The lowest BCUT2D eigenvalue weighted by molar-refractivity contribution is -0.870. The molecule has 0 rings (SSSR count). The maximum atomic E-state index is 13.0. The van der Waals surface area contributed by atoms with Gasteiger partial charge in [0, 0.05) is 12.8 Å². The van der Waals surface area contributed by atoms with Crippen molar-refractivity contribution in [3.8, 4) is 0 Å². The highest BCUT2D eigenvalue weighted by atomic mass is 16.7. The summed E-state index contributed by atoms with van der Waals surface area (Å²) in [6, 6.07) is 0. The Balaban J connectivity index is 4.24. The molecule has 9 heteroatoms. The fourth-order valence-electron chi connectivity index (χ4n) is 9.90. The minimum absolute atomic E-state index is 0.124. The summed E-state index contributed by atoms with van der Waals surface area (Å²) in [5, 5.41) is 11.9. The number of carbonyl (C=O) groups excluding carboxylic acids is 3. The SMILES string of the molecule is CC/C=C\C/C=C\C/C=C\C/C=C\C/C=C\C/C=C\C/C=C\C/C=C\C/C=C\C/C=C\C/C=C\C/C=C\CCCCC(=O)OC(COC(=O)CCCCCCCCCCCC/C=C\C/C=C\C/C=C\C/C=C\C/C=C\C/C=C\C/C=C\C/C=C\C/C=C\C/C=C\CC)COC(OCC[N+](C)(C)C)C(=O)[O-]. The molecule has 0 amide bonds. The van der Waals surface area contributed by atoms with E-state index in [0.29, 0.717) is 23.9 Å². The number of quaternary nitrogens is 1. The maximum Gasteiger partial charge on any atom is 0.306 e. The number of ether oxygens (including phenoxy) is 4. The maximum absolute atomic E-state index is 13.0. The lowest BCUT2D eigenvalue weighted by Crippen LogP contribution is -2.44. The molecule has 0 aliphatic heterocycles. The quantitative estimate of drug-likeness (QED) is 0.0195. The summed E-state index contributed by atoms with van der Waals surface area (Å²) in [5.74, 6) is -2.38. The molecular weight excluding hydrogens is 1300 g/mol. The van der Waals surface area contributed by atoms with Crippen LogP contribution in [-0.4, -0.2) is 82.3 Å². The van der Waals surface area contributed by atoms with Crippen molar-refractivity contribution in [1.29, 1.82) is 0 Å². The van der Waals surface area contributed by atoms with Crippen LogP contribution in [0.4, 0.5) is 0 Å². The van der Waals surface area contributed by atoms with Crippen LogP contribution in [0, 0.1) is 0 Å². The zero-order valence-electron chi connectivity index (χ0n) is 66.5. The van der Waals surface area contributed by atoms with E-state index in [1.807, 2.05) is 21.1 Å². The number of unbranched alkanes of at least 4 members (excludes halogenated alkanes) is 12. The number of carboxylic acid groups (broad SMARTS) is 1. The smallest absolute Gasteiger partial charge is 0.306 e. The van der Waals surface area contributed by atoms with E-state index >= 15 is 0 Å². The van der Waals surface area contributed by atoms with Crippen molar-refractivity contribution < 1.29 is 42.9 Å². The monoisotopic (exact) mass is 1440 g/mol. The predicted octanol–water partition coefficient (Wildman–Crippen LogP) is 25.4. The van der Waals surface area contributed by atoms with Gasteiger partial charge in [-0.1, -0.05) is 333 Å². The van der Waals surface area contributed by atoms with E-state index in [2.05, 4.69) is 281 Å². The zero-order valence-corrected chi connectivity index (χ0v) is 66.5. The van der Waals surface area contributed by atoms with Crippen molar-refractivity contribution in [3.63, 3.8) is 0 Å². The van der Waals surface area contributed by atoms with Gasteiger partial charge in [0.1, 0.15) is 13.2 Å². The van der Waals surface area contributed by atoms with Gasteiger partial charge >= 0.3 is 11.9 Å². The van der Waals surface area contributed by atoms with Crippen LogP contribution in [0.15, 0.2) is 267 Å². The molecule has 582 valence electrons. The summed E-state index contributed by atoms with van der Waals surface area (Å²) in [4.78, 5) is 37.6. The summed E-state index contributed by atoms with van der Waals surface area (Å²) >= 11 is 0. The lowest BCUT2D eigenvalue weighted by atomic mass is 10.1. The van der Waals surface area contributed by atoms with Crippen LogP contribution in [0.1, 0.15) is 258 Å². The Morgan fingerprint density at radius 3 is 0.781 bits per heavy atom. The number of hydrogen-bond acceptors (Lipinski definition) is 8. The van der Waals surface area contributed by atoms with E-state index < -0.39 is 24.3 Å². The van der Waals surface area contributed by atoms with Gasteiger partial charge in [0.25, 0.3) is 0 Å². The fourth-order valence-corrected chi connectivity index (χ4v) is 9.90. The van der Waals surface area contributed by atoms with Gasteiger partial charge in [0.15, 0.2) is 12.4 Å². The third-order valence-electron chi connectivity index (χ3n) is 16.0. The molecular formula is C96H145NO8. The molecule has 0 aliphatic carbocycles. The third-order valence-corrected chi connectivity index (χ3v) is 16.0. The van der Waals surface area contributed by atoms with E-state index in [1.165, 1.54) is 38.5 Å². The fraction of sp³-hybridized carbons (Fsp3) is 0.510. The van der Waals surface area contributed by atoms with Gasteiger partial charge in [-0.2, -0.15) is 0 Å². The topological polar surface area (TPSA) is 111 Å². The van der Waals surface area contributed by atoms with Crippen molar-refractivity contribution in [2.24, 2.45) is 0 Å².